The first-order chi connectivity index (χ1) is 13.6. The van der Waals surface area contributed by atoms with Gasteiger partial charge in [-0.25, -0.2) is 4.39 Å². The Morgan fingerprint density at radius 2 is 2.00 bits per heavy atom. The minimum Gasteiger partial charge on any atom is -0.338 e. The molecule has 2 aliphatic rings. The molecular formula is C21H25FN4O2. The fourth-order valence-corrected chi connectivity index (χ4v) is 4.33. The number of nitrogens with zero attached hydrogens (tertiary/aromatic N) is 2. The summed E-state index contributed by atoms with van der Waals surface area (Å²) in [6, 6.07) is 5.79. The van der Waals surface area contributed by atoms with Crippen molar-refractivity contribution in [3.8, 4) is 0 Å². The number of hydrogen-bond donors (Lipinski definition) is 2. The van der Waals surface area contributed by atoms with Crippen molar-refractivity contribution in [3.05, 3.63) is 47.5 Å². The third-order valence-corrected chi connectivity index (χ3v) is 5.84. The number of piperidine rings is 1. The molecule has 28 heavy (non-hydrogen) atoms. The number of benzene rings is 1. The van der Waals surface area contributed by atoms with Crippen molar-refractivity contribution >= 4 is 17.5 Å². The summed E-state index contributed by atoms with van der Waals surface area (Å²) in [5, 5.41) is 10.2. The van der Waals surface area contributed by atoms with Crippen LogP contribution in [0.2, 0.25) is 0 Å². The van der Waals surface area contributed by atoms with Gasteiger partial charge in [-0.1, -0.05) is 18.9 Å². The fourth-order valence-electron chi connectivity index (χ4n) is 4.33. The van der Waals surface area contributed by atoms with Crippen molar-refractivity contribution in [2.24, 2.45) is 5.92 Å². The number of likely N-dealkylation sites (tertiary alicyclic amines) is 1. The van der Waals surface area contributed by atoms with E-state index in [0.29, 0.717) is 24.3 Å². The van der Waals surface area contributed by atoms with Gasteiger partial charge in [0.05, 0.1) is 17.6 Å². The maximum absolute atomic E-state index is 13.5. The molecule has 1 aliphatic heterocycles. The number of halogens is 1. The number of carbonyl (C=O) groups excluding carboxylic acids is 2. The lowest BCUT2D eigenvalue weighted by atomic mass is 9.93. The Balaban J connectivity index is 1.46. The Morgan fingerprint density at radius 3 is 2.79 bits per heavy atom. The highest BCUT2D eigenvalue weighted by Gasteiger charge is 2.29. The third-order valence-electron chi connectivity index (χ3n) is 5.84. The van der Waals surface area contributed by atoms with Crippen LogP contribution in [0.4, 0.5) is 10.1 Å². The van der Waals surface area contributed by atoms with Crippen LogP contribution in [-0.2, 0) is 4.79 Å². The zero-order valence-electron chi connectivity index (χ0n) is 15.8. The van der Waals surface area contributed by atoms with Gasteiger partial charge in [-0.2, -0.15) is 5.10 Å². The molecule has 7 heteroatoms. The first-order valence-electron chi connectivity index (χ1n) is 10.0. The van der Waals surface area contributed by atoms with Crippen molar-refractivity contribution in [2.45, 2.75) is 44.4 Å². The molecule has 1 aromatic heterocycles. The molecule has 0 radical (unpaired) electrons. The summed E-state index contributed by atoms with van der Waals surface area (Å²) < 4.78 is 13.5. The number of rotatable bonds is 4. The van der Waals surface area contributed by atoms with Crippen molar-refractivity contribution in [1.82, 2.24) is 15.1 Å². The molecule has 0 bridgehead atoms. The fraction of sp³-hybridized carbons (Fsp3) is 0.476. The minimum absolute atomic E-state index is 0.0589. The zero-order valence-corrected chi connectivity index (χ0v) is 15.8. The zero-order chi connectivity index (χ0) is 19.5. The van der Waals surface area contributed by atoms with Crippen molar-refractivity contribution in [3.63, 3.8) is 0 Å². The molecule has 2 heterocycles. The van der Waals surface area contributed by atoms with Gasteiger partial charge in [0.1, 0.15) is 5.82 Å². The molecule has 1 unspecified atom stereocenters. The molecule has 6 nitrogen and oxygen atoms in total. The second-order valence-electron chi connectivity index (χ2n) is 7.77. The lowest BCUT2D eigenvalue weighted by Gasteiger charge is -2.32. The van der Waals surface area contributed by atoms with E-state index in [1.165, 1.54) is 12.1 Å². The van der Waals surface area contributed by atoms with E-state index in [0.717, 1.165) is 44.2 Å². The van der Waals surface area contributed by atoms with E-state index in [9.17, 15) is 14.0 Å². The lowest BCUT2D eigenvalue weighted by Crippen LogP contribution is -2.39. The number of aromatic nitrogens is 2. The Bertz CT molecular complexity index is 860. The summed E-state index contributed by atoms with van der Waals surface area (Å²) in [6.07, 6.45) is 7.50. The maximum Gasteiger partial charge on any atom is 0.253 e. The molecule has 2 aromatic rings. The monoisotopic (exact) mass is 384 g/mol. The molecule has 1 saturated heterocycles. The van der Waals surface area contributed by atoms with E-state index in [1.54, 1.807) is 23.2 Å². The van der Waals surface area contributed by atoms with Crippen LogP contribution in [-0.4, -0.2) is 40.0 Å². The van der Waals surface area contributed by atoms with Gasteiger partial charge in [0.15, 0.2) is 0 Å². The second kappa shape index (κ2) is 8.12. The Labute approximate surface area is 163 Å². The summed E-state index contributed by atoms with van der Waals surface area (Å²) in [4.78, 5) is 27.0. The number of aromatic amines is 1. The Kier molecular flexibility index (Phi) is 5.41. The molecule has 148 valence electrons. The number of nitrogens with one attached hydrogen (secondary N) is 2. The van der Waals surface area contributed by atoms with Crippen molar-refractivity contribution in [1.29, 1.82) is 0 Å². The normalized spacial score (nSPS) is 20.3. The number of carbonyl (C=O) groups is 2. The average molecular weight is 384 g/mol. The number of hydrogen-bond acceptors (Lipinski definition) is 3. The third kappa shape index (κ3) is 3.93. The minimum atomic E-state index is -0.412. The summed E-state index contributed by atoms with van der Waals surface area (Å²) >= 11 is 0. The molecule has 0 spiro atoms. The first kappa shape index (κ1) is 18.7. The smallest absolute Gasteiger partial charge is 0.253 e. The summed E-state index contributed by atoms with van der Waals surface area (Å²) in [6.45, 7) is 1.16. The highest BCUT2D eigenvalue weighted by molar-refractivity contribution is 5.94. The van der Waals surface area contributed by atoms with Crippen LogP contribution < -0.4 is 5.32 Å². The number of H-pyrrole nitrogens is 1. The van der Waals surface area contributed by atoms with Crippen LogP contribution in [0, 0.1) is 11.7 Å². The molecular weight excluding hydrogens is 359 g/mol. The first-order valence-corrected chi connectivity index (χ1v) is 10.0. The molecule has 1 atom stereocenters. The van der Waals surface area contributed by atoms with E-state index in [-0.39, 0.29) is 23.7 Å². The quantitative estimate of drug-likeness (QED) is 0.844. The van der Waals surface area contributed by atoms with E-state index in [4.69, 9.17) is 0 Å². The van der Waals surface area contributed by atoms with Crippen LogP contribution in [0.15, 0.2) is 30.5 Å². The van der Waals surface area contributed by atoms with Crippen LogP contribution >= 0.6 is 0 Å². The van der Waals surface area contributed by atoms with Gasteiger partial charge in [-0.15, -0.1) is 0 Å². The van der Waals surface area contributed by atoms with E-state index in [1.807, 2.05) is 0 Å². The predicted molar refractivity (Wildman–Crippen MR) is 103 cm³/mol. The van der Waals surface area contributed by atoms with Crippen LogP contribution in [0.5, 0.6) is 0 Å². The van der Waals surface area contributed by atoms with Crippen molar-refractivity contribution < 1.29 is 14.0 Å². The molecule has 1 aliphatic carbocycles. The van der Waals surface area contributed by atoms with Crippen LogP contribution in [0.3, 0.4) is 0 Å². The van der Waals surface area contributed by atoms with Crippen LogP contribution in [0.25, 0.3) is 0 Å². The second-order valence-corrected chi connectivity index (χ2v) is 7.77. The highest BCUT2D eigenvalue weighted by Crippen LogP contribution is 2.32. The highest BCUT2D eigenvalue weighted by atomic mass is 19.1. The van der Waals surface area contributed by atoms with Gasteiger partial charge in [0.25, 0.3) is 5.91 Å². The van der Waals surface area contributed by atoms with Crippen LogP contribution in [0.1, 0.15) is 60.5 Å². The topological polar surface area (TPSA) is 78.1 Å². The molecule has 2 amide bonds. The largest absolute Gasteiger partial charge is 0.338 e. The summed E-state index contributed by atoms with van der Waals surface area (Å²) in [7, 11) is 0. The molecule has 1 saturated carbocycles. The number of anilines is 1. The SMILES string of the molecule is O=C(Nc1cn[nH]c1C1CCCN(C(=O)c2cccc(F)c2)C1)C1CCCC1. The Hall–Kier alpha value is -2.70. The predicted octanol–water partition coefficient (Wildman–Crippen LogP) is 3.70. The van der Waals surface area contributed by atoms with E-state index in [2.05, 4.69) is 15.5 Å². The molecule has 2 fully saturated rings. The van der Waals surface area contributed by atoms with Gasteiger partial charge in [0, 0.05) is 30.5 Å². The molecule has 4 rings (SSSR count). The van der Waals surface area contributed by atoms with Gasteiger partial charge < -0.3 is 10.2 Å². The van der Waals surface area contributed by atoms with E-state index < -0.39 is 5.82 Å². The van der Waals surface area contributed by atoms with Gasteiger partial charge in [0.2, 0.25) is 5.91 Å². The lowest BCUT2D eigenvalue weighted by molar-refractivity contribution is -0.119. The standard InChI is InChI=1S/C21H25FN4O2/c22-17-9-3-7-15(11-17)21(28)26-10-4-8-16(13-26)19-18(12-23-25-19)24-20(27)14-5-1-2-6-14/h3,7,9,11-12,14,16H,1-2,4-6,8,10,13H2,(H,23,25)(H,24,27). The summed E-state index contributed by atoms with van der Waals surface area (Å²) in [5.41, 5.74) is 1.94. The van der Waals surface area contributed by atoms with Gasteiger partial charge in [-0.05, 0) is 43.9 Å². The molecule has 1 aromatic carbocycles. The van der Waals surface area contributed by atoms with Gasteiger partial charge >= 0.3 is 0 Å². The average Bonchev–Trinajstić information content (AvgIpc) is 3.39. The van der Waals surface area contributed by atoms with Crippen molar-refractivity contribution in [2.75, 3.05) is 18.4 Å². The maximum atomic E-state index is 13.5. The number of amides is 2. The van der Waals surface area contributed by atoms with Gasteiger partial charge in [-0.3, -0.25) is 14.7 Å². The Morgan fingerprint density at radius 1 is 1.18 bits per heavy atom. The summed E-state index contributed by atoms with van der Waals surface area (Å²) in [5.74, 6) is -0.374. The molecule has 2 N–H and O–H groups in total. The van der Waals surface area contributed by atoms with E-state index >= 15 is 0 Å².